The minimum absolute atomic E-state index is 0.493. The molecule has 1 aliphatic rings. The molecule has 1 atom stereocenters. The van der Waals surface area contributed by atoms with Crippen LogP contribution in [0.5, 0.6) is 11.5 Å². The largest absolute Gasteiger partial charge is 0.456 e. The van der Waals surface area contributed by atoms with E-state index >= 15 is 4.57 Å². The Morgan fingerprint density at radius 2 is 0.872 bits per heavy atom. The zero-order chi connectivity index (χ0) is 31.4. The van der Waals surface area contributed by atoms with E-state index in [4.69, 9.17) is 19.7 Å². The van der Waals surface area contributed by atoms with E-state index in [1.807, 2.05) is 109 Å². The molecule has 0 radical (unpaired) electrons. The van der Waals surface area contributed by atoms with Crippen molar-refractivity contribution in [2.24, 2.45) is 0 Å². The van der Waals surface area contributed by atoms with Gasteiger partial charge in [0, 0.05) is 22.0 Å². The SMILES string of the molecule is O=P1(c2ccccc2)c2ccccc2Oc2ccc(-c3nc(-c4ccc5ccccc5c4)nc(-c4ccc5ccccc5c4)n3)cc21. The molecular formula is C41H26N3O2P. The third-order valence-electron chi connectivity index (χ3n) is 8.75. The molecule has 222 valence electrons. The van der Waals surface area contributed by atoms with Gasteiger partial charge in [0.2, 0.25) is 0 Å². The highest BCUT2D eigenvalue weighted by Crippen LogP contribution is 2.52. The number of ether oxygens (including phenoxy) is 1. The van der Waals surface area contributed by atoms with Crippen LogP contribution >= 0.6 is 7.14 Å². The highest BCUT2D eigenvalue weighted by Gasteiger charge is 2.39. The van der Waals surface area contributed by atoms with E-state index in [0.29, 0.717) is 39.6 Å². The van der Waals surface area contributed by atoms with E-state index in [-0.39, 0.29) is 0 Å². The molecule has 1 unspecified atom stereocenters. The van der Waals surface area contributed by atoms with Gasteiger partial charge in [0.1, 0.15) is 11.5 Å². The van der Waals surface area contributed by atoms with Crippen molar-refractivity contribution in [1.29, 1.82) is 0 Å². The van der Waals surface area contributed by atoms with Crippen molar-refractivity contribution in [1.82, 2.24) is 15.0 Å². The summed E-state index contributed by atoms with van der Waals surface area (Å²) in [7, 11) is -3.28. The Hall–Kier alpha value is -5.90. The maximum absolute atomic E-state index is 15.4. The average Bonchev–Trinajstić information content (AvgIpc) is 3.14. The molecule has 7 aromatic carbocycles. The normalized spacial score (nSPS) is 15.1. The molecule has 0 spiro atoms. The third kappa shape index (κ3) is 4.63. The fraction of sp³-hybridized carbons (Fsp3) is 0. The molecule has 0 saturated heterocycles. The molecule has 0 bridgehead atoms. The second kappa shape index (κ2) is 10.9. The first-order valence-electron chi connectivity index (χ1n) is 15.5. The number of hydrogen-bond acceptors (Lipinski definition) is 5. The summed E-state index contributed by atoms with van der Waals surface area (Å²) in [5.74, 6) is 2.80. The second-order valence-electron chi connectivity index (χ2n) is 11.6. The van der Waals surface area contributed by atoms with Gasteiger partial charge >= 0.3 is 0 Å². The molecule has 6 heteroatoms. The molecule has 0 saturated carbocycles. The van der Waals surface area contributed by atoms with Crippen molar-refractivity contribution >= 4 is 44.6 Å². The van der Waals surface area contributed by atoms with E-state index in [1.54, 1.807) is 0 Å². The minimum Gasteiger partial charge on any atom is -0.456 e. The smallest absolute Gasteiger partial charge is 0.178 e. The van der Waals surface area contributed by atoms with Crippen LogP contribution in [0.4, 0.5) is 0 Å². The molecular weight excluding hydrogens is 597 g/mol. The number of aromatic nitrogens is 3. The molecule has 9 rings (SSSR count). The summed E-state index contributed by atoms with van der Waals surface area (Å²) in [4.78, 5) is 15.1. The molecule has 8 aromatic rings. The lowest BCUT2D eigenvalue weighted by molar-refractivity contribution is 0.485. The Bertz CT molecular complexity index is 2450. The number of fused-ring (bicyclic) bond motifs is 4. The standard InChI is InChI=1S/C41H26N3O2P/c45-47(34-14-2-1-3-15-34)37-17-9-8-16-35(37)46-36-23-22-33(26-38(36)47)41-43-39(31-20-18-27-10-4-6-12-29(27)24-31)42-40(44-41)32-21-19-28-11-5-7-13-30(28)25-32/h1-26H. The lowest BCUT2D eigenvalue weighted by atomic mass is 10.1. The number of hydrogen-bond donors (Lipinski definition) is 0. The summed E-state index contributed by atoms with van der Waals surface area (Å²) in [5, 5.41) is 6.55. The van der Waals surface area contributed by atoms with Crippen molar-refractivity contribution in [2.75, 3.05) is 0 Å². The van der Waals surface area contributed by atoms with E-state index in [0.717, 1.165) is 43.5 Å². The topological polar surface area (TPSA) is 65.0 Å². The Labute approximate surface area is 271 Å². The van der Waals surface area contributed by atoms with E-state index < -0.39 is 7.14 Å². The van der Waals surface area contributed by atoms with E-state index in [9.17, 15) is 0 Å². The summed E-state index contributed by atoms with van der Waals surface area (Å²) in [6.07, 6.45) is 0. The van der Waals surface area contributed by atoms with Crippen molar-refractivity contribution in [3.05, 3.63) is 158 Å². The molecule has 0 fully saturated rings. The fourth-order valence-electron chi connectivity index (χ4n) is 6.38. The Balaban J connectivity index is 1.26. The van der Waals surface area contributed by atoms with E-state index in [2.05, 4.69) is 48.5 Å². The van der Waals surface area contributed by atoms with Crippen molar-refractivity contribution in [3.63, 3.8) is 0 Å². The van der Waals surface area contributed by atoms with Gasteiger partial charge in [0.15, 0.2) is 24.6 Å². The lowest BCUT2D eigenvalue weighted by Gasteiger charge is -2.29. The molecule has 0 aliphatic carbocycles. The average molecular weight is 624 g/mol. The Morgan fingerprint density at radius 3 is 1.49 bits per heavy atom. The van der Waals surface area contributed by atoms with Crippen LogP contribution in [0, 0.1) is 0 Å². The summed E-state index contributed by atoms with van der Waals surface area (Å²) in [6.45, 7) is 0. The number of rotatable bonds is 4. The van der Waals surface area contributed by atoms with Crippen LogP contribution in [0.15, 0.2) is 158 Å². The van der Waals surface area contributed by atoms with Crippen LogP contribution < -0.4 is 20.7 Å². The summed E-state index contributed by atoms with van der Waals surface area (Å²) < 4.78 is 21.7. The zero-order valence-corrected chi connectivity index (χ0v) is 26.0. The van der Waals surface area contributed by atoms with Gasteiger partial charge in [0.25, 0.3) is 0 Å². The predicted octanol–water partition coefficient (Wildman–Crippen LogP) is 8.92. The van der Waals surface area contributed by atoms with Crippen molar-refractivity contribution in [3.8, 4) is 45.7 Å². The van der Waals surface area contributed by atoms with Gasteiger partial charge in [-0.3, -0.25) is 0 Å². The monoisotopic (exact) mass is 623 g/mol. The predicted molar refractivity (Wildman–Crippen MR) is 191 cm³/mol. The molecule has 0 amide bonds. The van der Waals surface area contributed by atoms with Crippen LogP contribution in [0.2, 0.25) is 0 Å². The maximum atomic E-state index is 15.4. The first-order chi connectivity index (χ1) is 23.1. The minimum atomic E-state index is -3.28. The highest BCUT2D eigenvalue weighted by atomic mass is 31.2. The first-order valence-corrected chi connectivity index (χ1v) is 17.2. The summed E-state index contributed by atoms with van der Waals surface area (Å²) >= 11 is 0. The Kier molecular flexibility index (Phi) is 6.34. The third-order valence-corrected chi connectivity index (χ3v) is 11.9. The summed E-state index contributed by atoms with van der Waals surface area (Å²) in [6, 6.07) is 52.0. The molecule has 1 aliphatic heterocycles. The lowest BCUT2D eigenvalue weighted by Crippen LogP contribution is -2.30. The van der Waals surface area contributed by atoms with Gasteiger partial charge in [0.05, 0.1) is 10.6 Å². The molecule has 1 aromatic heterocycles. The van der Waals surface area contributed by atoms with Gasteiger partial charge in [-0.2, -0.15) is 0 Å². The van der Waals surface area contributed by atoms with Gasteiger partial charge in [-0.15, -0.1) is 0 Å². The van der Waals surface area contributed by atoms with Crippen molar-refractivity contribution < 1.29 is 9.30 Å². The van der Waals surface area contributed by atoms with Gasteiger partial charge in [-0.05, 0) is 64.0 Å². The maximum Gasteiger partial charge on any atom is 0.178 e. The van der Waals surface area contributed by atoms with Crippen LogP contribution in [-0.2, 0) is 4.57 Å². The van der Waals surface area contributed by atoms with Crippen LogP contribution in [-0.4, -0.2) is 15.0 Å². The molecule has 47 heavy (non-hydrogen) atoms. The zero-order valence-electron chi connectivity index (χ0n) is 25.1. The van der Waals surface area contributed by atoms with E-state index in [1.165, 1.54) is 0 Å². The number of para-hydroxylation sites is 1. The highest BCUT2D eigenvalue weighted by molar-refractivity contribution is 7.85. The quantitative estimate of drug-likeness (QED) is 0.183. The summed E-state index contributed by atoms with van der Waals surface area (Å²) in [5.41, 5.74) is 2.51. The second-order valence-corrected chi connectivity index (χ2v) is 14.3. The molecule has 5 nitrogen and oxygen atoms in total. The molecule has 0 N–H and O–H groups in total. The van der Waals surface area contributed by atoms with Gasteiger partial charge in [-0.25, -0.2) is 15.0 Å². The van der Waals surface area contributed by atoms with Crippen LogP contribution in [0.1, 0.15) is 0 Å². The van der Waals surface area contributed by atoms with Gasteiger partial charge in [-0.1, -0.05) is 115 Å². The van der Waals surface area contributed by atoms with Gasteiger partial charge < -0.3 is 9.30 Å². The molecule has 2 heterocycles. The van der Waals surface area contributed by atoms with Crippen LogP contribution in [0.25, 0.3) is 55.7 Å². The number of nitrogens with zero attached hydrogens (tertiary/aromatic N) is 3. The Morgan fingerprint density at radius 1 is 0.404 bits per heavy atom. The number of benzene rings is 7. The van der Waals surface area contributed by atoms with Crippen molar-refractivity contribution in [2.45, 2.75) is 0 Å². The fourth-order valence-corrected chi connectivity index (χ4v) is 9.26. The first kappa shape index (κ1) is 27.4. The van der Waals surface area contributed by atoms with Crippen LogP contribution in [0.3, 0.4) is 0 Å².